The molecule has 0 aliphatic heterocycles. The molecule has 0 heterocycles. The maximum absolute atomic E-state index is 11.8. The highest BCUT2D eigenvalue weighted by atomic mass is 19.4. The maximum atomic E-state index is 11.8. The summed E-state index contributed by atoms with van der Waals surface area (Å²) in [6.45, 7) is -0.668. The first-order valence-corrected chi connectivity index (χ1v) is 4.48. The van der Waals surface area contributed by atoms with Crippen molar-refractivity contribution < 1.29 is 13.2 Å². The second-order valence-electron chi connectivity index (χ2n) is 3.79. The van der Waals surface area contributed by atoms with Crippen LogP contribution in [0.4, 0.5) is 13.2 Å². The van der Waals surface area contributed by atoms with Crippen molar-refractivity contribution >= 4 is 0 Å². The second-order valence-corrected chi connectivity index (χ2v) is 3.79. The average Bonchev–Trinajstić information content (AvgIpc) is 2.33. The van der Waals surface area contributed by atoms with Gasteiger partial charge in [0, 0.05) is 12.1 Å². The van der Waals surface area contributed by atoms with Gasteiger partial charge in [-0.1, -0.05) is 12.8 Å². The Morgan fingerprint density at radius 2 is 1.77 bits per heavy atom. The van der Waals surface area contributed by atoms with E-state index >= 15 is 0 Å². The fraction of sp³-hybridized carbons (Fsp3) is 1.00. The van der Waals surface area contributed by atoms with Crippen molar-refractivity contribution in [2.45, 2.75) is 37.4 Å². The first-order chi connectivity index (χ1) is 5.91. The van der Waals surface area contributed by atoms with E-state index in [0.29, 0.717) is 0 Å². The van der Waals surface area contributed by atoms with Gasteiger partial charge in [0.1, 0.15) is 0 Å². The van der Waals surface area contributed by atoms with Crippen LogP contribution in [0.3, 0.4) is 0 Å². The smallest absolute Gasteiger partial charge is 0.324 e. The number of nitrogens with one attached hydrogen (secondary N) is 1. The molecule has 1 aliphatic rings. The van der Waals surface area contributed by atoms with E-state index in [1.807, 2.05) is 0 Å². The van der Waals surface area contributed by atoms with Gasteiger partial charge in [-0.05, 0) is 12.8 Å². The van der Waals surface area contributed by atoms with Crippen LogP contribution in [-0.4, -0.2) is 24.8 Å². The topological polar surface area (TPSA) is 38.0 Å². The molecule has 0 atom stereocenters. The van der Waals surface area contributed by atoms with Gasteiger partial charge in [0.05, 0.1) is 6.54 Å². The molecule has 0 bridgehead atoms. The zero-order valence-electron chi connectivity index (χ0n) is 7.45. The number of hydrogen-bond donors (Lipinski definition) is 2. The molecule has 5 heteroatoms. The summed E-state index contributed by atoms with van der Waals surface area (Å²) < 4.78 is 35.3. The Hall–Kier alpha value is -0.290. The summed E-state index contributed by atoms with van der Waals surface area (Å²) in [6, 6.07) is 0. The number of rotatable bonds is 3. The van der Waals surface area contributed by atoms with Crippen LogP contribution in [0.2, 0.25) is 0 Å². The minimum Gasteiger partial charge on any atom is -0.324 e. The molecule has 0 aromatic heterocycles. The van der Waals surface area contributed by atoms with Crippen LogP contribution >= 0.6 is 0 Å². The first kappa shape index (κ1) is 10.8. The summed E-state index contributed by atoms with van der Waals surface area (Å²) in [5.41, 5.74) is 5.46. The van der Waals surface area contributed by atoms with E-state index in [0.717, 1.165) is 25.7 Å². The van der Waals surface area contributed by atoms with Crippen molar-refractivity contribution in [3.63, 3.8) is 0 Å². The zero-order valence-corrected chi connectivity index (χ0v) is 7.45. The van der Waals surface area contributed by atoms with E-state index in [1.54, 1.807) is 0 Å². The van der Waals surface area contributed by atoms with Crippen molar-refractivity contribution in [2.24, 2.45) is 5.73 Å². The summed E-state index contributed by atoms with van der Waals surface area (Å²) in [6.07, 6.45) is -0.404. The number of hydrogen-bond acceptors (Lipinski definition) is 2. The Labute approximate surface area is 75.7 Å². The van der Waals surface area contributed by atoms with Gasteiger partial charge in [0.25, 0.3) is 0 Å². The van der Waals surface area contributed by atoms with Gasteiger partial charge < -0.3 is 11.1 Å². The van der Waals surface area contributed by atoms with E-state index in [-0.39, 0.29) is 6.54 Å². The molecule has 1 aliphatic carbocycles. The Morgan fingerprint density at radius 3 is 2.23 bits per heavy atom. The molecule has 0 aromatic rings. The first-order valence-electron chi connectivity index (χ1n) is 4.48. The van der Waals surface area contributed by atoms with Crippen molar-refractivity contribution in [2.75, 3.05) is 13.1 Å². The SMILES string of the molecule is NC1(CNCC(F)(F)F)CCCC1. The molecule has 0 spiro atoms. The molecule has 13 heavy (non-hydrogen) atoms. The predicted molar refractivity (Wildman–Crippen MR) is 44.3 cm³/mol. The zero-order chi connectivity index (χ0) is 9.95. The molecule has 3 N–H and O–H groups in total. The van der Waals surface area contributed by atoms with Crippen LogP contribution in [0, 0.1) is 0 Å². The third kappa shape index (κ3) is 3.95. The third-order valence-corrected chi connectivity index (χ3v) is 2.40. The number of alkyl halides is 3. The molecule has 0 radical (unpaired) electrons. The van der Waals surface area contributed by atoms with Crippen LogP contribution in [0.25, 0.3) is 0 Å². The van der Waals surface area contributed by atoms with Crippen molar-refractivity contribution in [3.05, 3.63) is 0 Å². The molecule has 1 fully saturated rings. The van der Waals surface area contributed by atoms with Crippen LogP contribution in [0.1, 0.15) is 25.7 Å². The number of halogens is 3. The molecular weight excluding hydrogens is 181 g/mol. The fourth-order valence-electron chi connectivity index (χ4n) is 1.71. The lowest BCUT2D eigenvalue weighted by molar-refractivity contribution is -0.125. The summed E-state index contributed by atoms with van der Waals surface area (Å²) >= 11 is 0. The largest absolute Gasteiger partial charge is 0.401 e. The van der Waals surface area contributed by atoms with Crippen LogP contribution in [0.15, 0.2) is 0 Å². The summed E-state index contributed by atoms with van der Waals surface area (Å²) in [5, 5.41) is 2.36. The Balaban J connectivity index is 2.18. The van der Waals surface area contributed by atoms with Gasteiger partial charge in [0.2, 0.25) is 0 Å². The van der Waals surface area contributed by atoms with E-state index < -0.39 is 18.3 Å². The predicted octanol–water partition coefficient (Wildman–Crippen LogP) is 1.41. The van der Waals surface area contributed by atoms with Gasteiger partial charge in [0.15, 0.2) is 0 Å². The minimum atomic E-state index is -4.13. The molecule has 1 saturated carbocycles. The number of nitrogens with two attached hydrogens (primary N) is 1. The van der Waals surface area contributed by atoms with Crippen molar-refractivity contribution in [3.8, 4) is 0 Å². The third-order valence-electron chi connectivity index (χ3n) is 2.40. The molecule has 78 valence electrons. The van der Waals surface area contributed by atoms with Crippen molar-refractivity contribution in [1.29, 1.82) is 0 Å². The van der Waals surface area contributed by atoms with E-state index in [2.05, 4.69) is 5.32 Å². The highest BCUT2D eigenvalue weighted by Crippen LogP contribution is 2.26. The Morgan fingerprint density at radius 1 is 1.23 bits per heavy atom. The van der Waals surface area contributed by atoms with Gasteiger partial charge >= 0.3 is 6.18 Å². The molecule has 0 saturated heterocycles. The van der Waals surface area contributed by atoms with Crippen molar-refractivity contribution in [1.82, 2.24) is 5.32 Å². The van der Waals surface area contributed by atoms with Crippen LogP contribution in [0.5, 0.6) is 0 Å². The second kappa shape index (κ2) is 3.84. The lowest BCUT2D eigenvalue weighted by Crippen LogP contribution is -2.48. The Bertz CT molecular complexity index is 161. The van der Waals surface area contributed by atoms with Gasteiger partial charge in [-0.3, -0.25) is 0 Å². The highest BCUT2D eigenvalue weighted by molar-refractivity contribution is 4.91. The standard InChI is InChI=1S/C8H15F3N2/c9-8(10,11)6-13-5-7(12)3-1-2-4-7/h13H,1-6,12H2. The monoisotopic (exact) mass is 196 g/mol. The lowest BCUT2D eigenvalue weighted by atomic mass is 9.99. The van der Waals surface area contributed by atoms with Crippen LogP contribution < -0.4 is 11.1 Å². The lowest BCUT2D eigenvalue weighted by Gasteiger charge is -2.24. The van der Waals surface area contributed by atoms with Gasteiger partial charge in [-0.15, -0.1) is 0 Å². The molecule has 0 aromatic carbocycles. The van der Waals surface area contributed by atoms with Gasteiger partial charge in [-0.2, -0.15) is 13.2 Å². The molecule has 0 amide bonds. The average molecular weight is 196 g/mol. The molecular formula is C8H15F3N2. The van der Waals surface area contributed by atoms with E-state index in [1.165, 1.54) is 0 Å². The summed E-state index contributed by atoms with van der Waals surface area (Å²) in [7, 11) is 0. The van der Waals surface area contributed by atoms with Crippen LogP contribution in [-0.2, 0) is 0 Å². The highest BCUT2D eigenvalue weighted by Gasteiger charge is 2.31. The molecule has 2 nitrogen and oxygen atoms in total. The molecule has 1 rings (SSSR count). The van der Waals surface area contributed by atoms with Gasteiger partial charge in [-0.25, -0.2) is 0 Å². The summed E-state index contributed by atoms with van der Waals surface area (Å²) in [4.78, 5) is 0. The Kier molecular flexibility index (Phi) is 3.18. The minimum absolute atomic E-state index is 0.270. The normalized spacial score (nSPS) is 22.2. The fourth-order valence-corrected chi connectivity index (χ4v) is 1.71. The van der Waals surface area contributed by atoms with E-state index in [9.17, 15) is 13.2 Å². The molecule has 0 unspecified atom stereocenters. The quantitative estimate of drug-likeness (QED) is 0.716. The van der Waals surface area contributed by atoms with E-state index in [4.69, 9.17) is 5.73 Å². The maximum Gasteiger partial charge on any atom is 0.401 e. The summed E-state index contributed by atoms with van der Waals surface area (Å²) in [5.74, 6) is 0.